The molecule has 0 saturated heterocycles. The first-order valence-electron chi connectivity index (χ1n) is 4.82. The number of hydrogen-bond acceptors (Lipinski definition) is 2. The molecule has 0 aliphatic carbocycles. The Balaban J connectivity index is 2.72. The molecule has 1 N–H and O–H groups in total. The van der Waals surface area contributed by atoms with Crippen LogP contribution in [0.15, 0.2) is 15.0 Å². The van der Waals surface area contributed by atoms with E-state index in [-0.39, 0.29) is 14.6 Å². The minimum atomic E-state index is -4.67. The number of carbonyl (C=O) groups is 1. The van der Waals surface area contributed by atoms with E-state index in [0.29, 0.717) is 0 Å². The summed E-state index contributed by atoms with van der Waals surface area (Å²) in [6.07, 6.45) is -4.67. The van der Waals surface area contributed by atoms with Gasteiger partial charge >= 0.3 is 12.0 Å². The summed E-state index contributed by atoms with van der Waals surface area (Å²) < 4.78 is 57.6. The van der Waals surface area contributed by atoms with E-state index < -0.39 is 29.3 Å². The molecule has 1 amide bonds. The van der Waals surface area contributed by atoms with E-state index in [1.165, 1.54) is 0 Å². The molecule has 1 aliphatic heterocycles. The second-order valence-electron chi connectivity index (χ2n) is 3.79. The molecule has 0 bridgehead atoms. The summed E-state index contributed by atoms with van der Waals surface area (Å²) in [6, 6.07) is 1.14. The summed E-state index contributed by atoms with van der Waals surface area (Å²) in [7, 11) is 0. The van der Waals surface area contributed by atoms with Gasteiger partial charge < -0.3 is 10.1 Å². The van der Waals surface area contributed by atoms with Crippen molar-refractivity contribution in [2.24, 2.45) is 0 Å². The first kappa shape index (κ1) is 14.6. The molecule has 2 rings (SSSR count). The Morgan fingerprint density at radius 2 is 1.84 bits per heavy atom. The molecule has 0 aromatic heterocycles. The second kappa shape index (κ2) is 4.34. The van der Waals surface area contributed by atoms with E-state index in [1.54, 1.807) is 0 Å². The van der Waals surface area contributed by atoms with Gasteiger partial charge in [-0.25, -0.2) is 0 Å². The summed E-state index contributed by atoms with van der Waals surface area (Å²) in [5.74, 6) is -5.85. The highest BCUT2D eigenvalue weighted by Gasteiger charge is 2.68. The number of nitrogens with one attached hydrogen (secondary N) is 1. The van der Waals surface area contributed by atoms with Gasteiger partial charge in [0.1, 0.15) is 0 Å². The third kappa shape index (κ3) is 2.12. The fourth-order valence-electron chi connectivity index (χ4n) is 1.62. The van der Waals surface area contributed by atoms with E-state index in [0.717, 1.165) is 13.0 Å². The van der Waals surface area contributed by atoms with E-state index in [2.05, 4.69) is 41.9 Å². The van der Waals surface area contributed by atoms with Crippen LogP contribution in [0.5, 0.6) is 5.75 Å². The first-order chi connectivity index (χ1) is 8.58. The highest BCUT2D eigenvalue weighted by atomic mass is 79.9. The van der Waals surface area contributed by atoms with Crippen LogP contribution in [0.4, 0.5) is 23.2 Å². The van der Waals surface area contributed by atoms with Gasteiger partial charge in [0.15, 0.2) is 5.75 Å². The van der Waals surface area contributed by atoms with Crippen molar-refractivity contribution in [3.63, 3.8) is 0 Å². The highest BCUT2D eigenvalue weighted by molar-refractivity contribution is 9.11. The van der Waals surface area contributed by atoms with E-state index in [9.17, 15) is 22.4 Å². The number of ether oxygens (including phenoxy) is 1. The van der Waals surface area contributed by atoms with Crippen molar-refractivity contribution in [3.8, 4) is 5.75 Å². The van der Waals surface area contributed by atoms with Crippen LogP contribution in [0.25, 0.3) is 0 Å². The summed E-state index contributed by atoms with van der Waals surface area (Å²) in [6.45, 7) is 1.12. The van der Waals surface area contributed by atoms with Crippen LogP contribution < -0.4 is 10.1 Å². The van der Waals surface area contributed by atoms with Crippen LogP contribution in [-0.4, -0.2) is 12.0 Å². The lowest BCUT2D eigenvalue weighted by molar-refractivity contribution is -0.296. The largest absolute Gasteiger partial charge is 0.469 e. The van der Waals surface area contributed by atoms with Crippen molar-refractivity contribution in [1.29, 1.82) is 0 Å². The number of carbonyl (C=O) groups excluding carboxylic acids is 1. The van der Waals surface area contributed by atoms with Gasteiger partial charge in [-0.15, -0.1) is 0 Å². The molecule has 0 spiro atoms. The predicted octanol–water partition coefficient (Wildman–Crippen LogP) is 4.25. The Kier molecular flexibility index (Phi) is 3.33. The number of anilines is 1. The Bertz CT molecular complexity index is 577. The minimum Gasteiger partial charge on any atom is -0.425 e. The zero-order valence-electron chi connectivity index (χ0n) is 9.16. The number of halogens is 6. The fraction of sp³-hybridized carbons (Fsp3) is 0.300. The SMILES string of the molecule is CC(=O)Nc1c(Br)cc(Br)c2c1OC(F)(F)C2(F)F. The monoisotopic (exact) mass is 405 g/mol. The summed E-state index contributed by atoms with van der Waals surface area (Å²) in [4.78, 5) is 11.0. The van der Waals surface area contributed by atoms with Gasteiger partial charge in [-0.3, -0.25) is 4.79 Å². The van der Waals surface area contributed by atoms with Gasteiger partial charge in [0.25, 0.3) is 0 Å². The van der Waals surface area contributed by atoms with Crippen molar-refractivity contribution < 1.29 is 27.1 Å². The predicted molar refractivity (Wildman–Crippen MR) is 65.6 cm³/mol. The van der Waals surface area contributed by atoms with Gasteiger partial charge in [-0.1, -0.05) is 15.9 Å². The summed E-state index contributed by atoms with van der Waals surface area (Å²) >= 11 is 5.78. The molecular weight excluding hydrogens is 402 g/mol. The van der Waals surface area contributed by atoms with E-state index in [4.69, 9.17) is 0 Å². The fourth-order valence-corrected chi connectivity index (χ4v) is 3.10. The lowest BCUT2D eigenvalue weighted by Crippen LogP contribution is -2.37. The molecule has 1 heterocycles. The molecule has 19 heavy (non-hydrogen) atoms. The van der Waals surface area contributed by atoms with Crippen LogP contribution >= 0.6 is 31.9 Å². The van der Waals surface area contributed by atoms with Crippen LogP contribution in [0.1, 0.15) is 12.5 Å². The Hall–Kier alpha value is -0.830. The molecule has 0 saturated carbocycles. The number of alkyl halides is 4. The van der Waals surface area contributed by atoms with Gasteiger partial charge in [0.05, 0.1) is 11.3 Å². The second-order valence-corrected chi connectivity index (χ2v) is 5.50. The Morgan fingerprint density at radius 3 is 2.37 bits per heavy atom. The zero-order valence-corrected chi connectivity index (χ0v) is 12.3. The molecular formula is C10H5Br2F4NO2. The number of rotatable bonds is 1. The lowest BCUT2D eigenvalue weighted by Gasteiger charge is -2.16. The third-order valence-corrected chi connectivity index (χ3v) is 3.65. The van der Waals surface area contributed by atoms with Crippen molar-refractivity contribution in [2.45, 2.75) is 19.0 Å². The first-order valence-corrected chi connectivity index (χ1v) is 6.41. The standard InChI is InChI=1S/C10H5Br2F4NO2/c1-3(18)17-7-5(12)2-4(11)6-8(7)19-10(15,16)9(6,13)14/h2H,1H3,(H,17,18). The van der Waals surface area contributed by atoms with Gasteiger partial charge in [-0.05, 0) is 22.0 Å². The molecule has 0 fully saturated rings. The average molecular weight is 407 g/mol. The van der Waals surface area contributed by atoms with Crippen molar-refractivity contribution in [1.82, 2.24) is 0 Å². The third-order valence-electron chi connectivity index (χ3n) is 2.40. The number of amides is 1. The van der Waals surface area contributed by atoms with Crippen molar-refractivity contribution in [2.75, 3.05) is 5.32 Å². The molecule has 1 aromatic carbocycles. The van der Waals surface area contributed by atoms with Crippen molar-refractivity contribution >= 4 is 43.5 Å². The minimum absolute atomic E-state index is 0.141. The quantitative estimate of drug-likeness (QED) is 0.708. The molecule has 0 atom stereocenters. The molecule has 3 nitrogen and oxygen atoms in total. The maximum atomic E-state index is 13.6. The molecule has 1 aromatic rings. The highest BCUT2D eigenvalue weighted by Crippen LogP contribution is 2.59. The molecule has 0 radical (unpaired) electrons. The van der Waals surface area contributed by atoms with Gasteiger partial charge in [0.2, 0.25) is 5.91 Å². The Morgan fingerprint density at radius 1 is 1.26 bits per heavy atom. The topological polar surface area (TPSA) is 38.3 Å². The average Bonchev–Trinajstić information content (AvgIpc) is 2.40. The van der Waals surface area contributed by atoms with Crippen LogP contribution in [0.3, 0.4) is 0 Å². The molecule has 0 unspecified atom stereocenters. The number of hydrogen-bond donors (Lipinski definition) is 1. The number of benzene rings is 1. The van der Waals surface area contributed by atoms with Gasteiger partial charge in [0, 0.05) is 15.9 Å². The molecule has 9 heteroatoms. The zero-order chi connectivity index (χ0) is 14.6. The van der Waals surface area contributed by atoms with E-state index >= 15 is 0 Å². The van der Waals surface area contributed by atoms with Gasteiger partial charge in [-0.2, -0.15) is 17.6 Å². The van der Waals surface area contributed by atoms with Crippen LogP contribution in [0, 0.1) is 0 Å². The Labute approximate surface area is 121 Å². The summed E-state index contributed by atoms with van der Waals surface area (Å²) in [5.41, 5.74) is -1.26. The molecule has 104 valence electrons. The maximum absolute atomic E-state index is 13.6. The summed E-state index contributed by atoms with van der Waals surface area (Å²) in [5, 5.41) is 2.18. The van der Waals surface area contributed by atoms with Crippen molar-refractivity contribution in [3.05, 3.63) is 20.6 Å². The van der Waals surface area contributed by atoms with Crippen LogP contribution in [-0.2, 0) is 10.7 Å². The molecule has 1 aliphatic rings. The smallest absolute Gasteiger partial charge is 0.425 e. The number of fused-ring (bicyclic) bond motifs is 1. The lowest BCUT2D eigenvalue weighted by atomic mass is 10.1. The maximum Gasteiger partial charge on any atom is 0.469 e. The van der Waals surface area contributed by atoms with Crippen LogP contribution in [0.2, 0.25) is 0 Å². The normalized spacial score (nSPS) is 18.7. The van der Waals surface area contributed by atoms with E-state index in [1.807, 2.05) is 0 Å².